The van der Waals surface area contributed by atoms with Crippen LogP contribution in [0.4, 0.5) is 0 Å². The van der Waals surface area contributed by atoms with Crippen LogP contribution in [0.1, 0.15) is 27.2 Å². The molecule has 0 saturated carbocycles. The van der Waals surface area contributed by atoms with Gasteiger partial charge in [0.2, 0.25) is 5.91 Å². The van der Waals surface area contributed by atoms with Crippen LogP contribution in [-0.4, -0.2) is 37.0 Å². The van der Waals surface area contributed by atoms with Crippen molar-refractivity contribution in [2.75, 3.05) is 26.2 Å². The molecule has 0 bridgehead atoms. The van der Waals surface area contributed by atoms with Gasteiger partial charge in [-0.25, -0.2) is 0 Å². The van der Waals surface area contributed by atoms with E-state index in [1.165, 1.54) is 0 Å². The summed E-state index contributed by atoms with van der Waals surface area (Å²) in [5, 5.41) is 3.16. The van der Waals surface area contributed by atoms with E-state index in [-0.39, 0.29) is 5.92 Å². The lowest BCUT2D eigenvalue weighted by molar-refractivity contribution is -0.136. The van der Waals surface area contributed by atoms with Gasteiger partial charge in [0, 0.05) is 26.2 Å². The van der Waals surface area contributed by atoms with Gasteiger partial charge in [0.1, 0.15) is 0 Å². The van der Waals surface area contributed by atoms with Gasteiger partial charge in [-0.2, -0.15) is 0 Å². The zero-order chi connectivity index (χ0) is 11.1. The monoisotopic (exact) mass is 210 g/mol. The number of nitrogens with zero attached hydrogens (tertiary/aromatic N) is 1. The Bertz CT molecular complexity index is 260. The van der Waals surface area contributed by atoms with Gasteiger partial charge in [0.15, 0.2) is 0 Å². The predicted octanol–water partition coefficient (Wildman–Crippen LogP) is 1.10. The van der Waals surface area contributed by atoms with Gasteiger partial charge in [-0.1, -0.05) is 20.8 Å². The Kier molecular flexibility index (Phi) is 2.75. The van der Waals surface area contributed by atoms with Crippen molar-refractivity contribution in [3.05, 3.63) is 0 Å². The van der Waals surface area contributed by atoms with Crippen LogP contribution in [0.2, 0.25) is 0 Å². The van der Waals surface area contributed by atoms with E-state index in [4.69, 9.17) is 0 Å². The molecule has 1 N–H and O–H groups in total. The second-order valence-electron chi connectivity index (χ2n) is 5.67. The molecule has 2 saturated heterocycles. The lowest BCUT2D eigenvalue weighted by atomic mass is 9.78. The third-order valence-corrected chi connectivity index (χ3v) is 4.34. The summed E-state index contributed by atoms with van der Waals surface area (Å²) in [7, 11) is 0. The van der Waals surface area contributed by atoms with E-state index in [2.05, 4.69) is 31.0 Å². The topological polar surface area (TPSA) is 32.3 Å². The number of rotatable bonds is 2. The maximum atomic E-state index is 12.0. The van der Waals surface area contributed by atoms with Gasteiger partial charge in [-0.15, -0.1) is 0 Å². The fourth-order valence-electron chi connectivity index (χ4n) is 2.37. The SMILES string of the molecule is CC(C)[C@@]1(C)CCN(C(=O)C2CNC2)C1. The van der Waals surface area contributed by atoms with Gasteiger partial charge in [0.05, 0.1) is 5.92 Å². The molecule has 1 atom stereocenters. The van der Waals surface area contributed by atoms with Crippen LogP contribution < -0.4 is 5.32 Å². The normalized spacial score (nSPS) is 32.1. The molecule has 2 aliphatic heterocycles. The number of carbonyl (C=O) groups is 1. The summed E-state index contributed by atoms with van der Waals surface area (Å²) in [6.07, 6.45) is 1.16. The molecule has 0 aromatic carbocycles. The van der Waals surface area contributed by atoms with Gasteiger partial charge in [-0.05, 0) is 17.8 Å². The van der Waals surface area contributed by atoms with Crippen LogP contribution in [0.15, 0.2) is 0 Å². The molecule has 15 heavy (non-hydrogen) atoms. The lowest BCUT2D eigenvalue weighted by Crippen LogP contribution is -2.51. The smallest absolute Gasteiger partial charge is 0.228 e. The average molecular weight is 210 g/mol. The first-order valence-electron chi connectivity index (χ1n) is 6.02. The highest BCUT2D eigenvalue weighted by molar-refractivity contribution is 5.80. The van der Waals surface area contributed by atoms with Crippen molar-refractivity contribution in [2.45, 2.75) is 27.2 Å². The van der Waals surface area contributed by atoms with E-state index in [0.29, 0.717) is 17.2 Å². The zero-order valence-corrected chi connectivity index (χ0v) is 10.0. The third kappa shape index (κ3) is 1.89. The second kappa shape index (κ2) is 3.78. The van der Waals surface area contributed by atoms with Crippen LogP contribution in [0.25, 0.3) is 0 Å². The Balaban J connectivity index is 1.94. The molecule has 2 aliphatic rings. The third-order valence-electron chi connectivity index (χ3n) is 4.34. The van der Waals surface area contributed by atoms with E-state index < -0.39 is 0 Å². The van der Waals surface area contributed by atoms with Crippen molar-refractivity contribution >= 4 is 5.91 Å². The molecule has 86 valence electrons. The Morgan fingerprint density at radius 3 is 2.53 bits per heavy atom. The highest BCUT2D eigenvalue weighted by Crippen LogP contribution is 2.37. The molecule has 3 nitrogen and oxygen atoms in total. The summed E-state index contributed by atoms with van der Waals surface area (Å²) in [6, 6.07) is 0. The maximum absolute atomic E-state index is 12.0. The first kappa shape index (κ1) is 10.9. The van der Waals surface area contributed by atoms with Gasteiger partial charge in [0.25, 0.3) is 0 Å². The predicted molar refractivity (Wildman–Crippen MR) is 60.5 cm³/mol. The summed E-state index contributed by atoms with van der Waals surface area (Å²) in [5.74, 6) is 1.30. The minimum atomic E-state index is 0.263. The molecule has 0 aromatic heterocycles. The fraction of sp³-hybridized carbons (Fsp3) is 0.917. The van der Waals surface area contributed by atoms with E-state index >= 15 is 0 Å². The standard InChI is InChI=1S/C12H22N2O/c1-9(2)12(3)4-5-14(8-12)11(15)10-6-13-7-10/h9-10,13H,4-8H2,1-3H3/t12-/m0/s1. The molecular formula is C12H22N2O. The molecule has 2 heterocycles. The molecule has 0 radical (unpaired) electrons. The van der Waals surface area contributed by atoms with Crippen molar-refractivity contribution < 1.29 is 4.79 Å². The number of likely N-dealkylation sites (tertiary alicyclic amines) is 1. The molecule has 2 fully saturated rings. The minimum Gasteiger partial charge on any atom is -0.342 e. The minimum absolute atomic E-state index is 0.263. The first-order chi connectivity index (χ1) is 7.03. The van der Waals surface area contributed by atoms with E-state index in [1.807, 2.05) is 0 Å². The quantitative estimate of drug-likeness (QED) is 0.740. The van der Waals surface area contributed by atoms with Crippen LogP contribution in [0.5, 0.6) is 0 Å². The van der Waals surface area contributed by atoms with E-state index in [1.54, 1.807) is 0 Å². The molecule has 3 heteroatoms. The van der Waals surface area contributed by atoms with Crippen molar-refractivity contribution in [3.8, 4) is 0 Å². The molecule has 0 unspecified atom stereocenters. The number of nitrogens with one attached hydrogen (secondary N) is 1. The van der Waals surface area contributed by atoms with Crippen LogP contribution in [0, 0.1) is 17.3 Å². The summed E-state index contributed by atoms with van der Waals surface area (Å²) in [6.45, 7) is 10.5. The lowest BCUT2D eigenvalue weighted by Gasteiger charge is -2.32. The first-order valence-corrected chi connectivity index (χ1v) is 6.02. The second-order valence-corrected chi connectivity index (χ2v) is 5.67. The number of hydrogen-bond acceptors (Lipinski definition) is 2. The highest BCUT2D eigenvalue weighted by Gasteiger charge is 2.40. The van der Waals surface area contributed by atoms with E-state index in [0.717, 1.165) is 32.6 Å². The number of hydrogen-bond donors (Lipinski definition) is 1. The summed E-state index contributed by atoms with van der Waals surface area (Å²) in [5.41, 5.74) is 0.340. The number of carbonyl (C=O) groups excluding carboxylic acids is 1. The van der Waals surface area contributed by atoms with Crippen LogP contribution >= 0.6 is 0 Å². The highest BCUT2D eigenvalue weighted by atomic mass is 16.2. The van der Waals surface area contributed by atoms with Crippen LogP contribution in [0.3, 0.4) is 0 Å². The molecule has 0 aliphatic carbocycles. The summed E-state index contributed by atoms with van der Waals surface area (Å²) < 4.78 is 0. The van der Waals surface area contributed by atoms with E-state index in [9.17, 15) is 4.79 Å². The van der Waals surface area contributed by atoms with Crippen molar-refractivity contribution in [1.29, 1.82) is 0 Å². The zero-order valence-electron chi connectivity index (χ0n) is 10.0. The van der Waals surface area contributed by atoms with Gasteiger partial charge in [-0.3, -0.25) is 4.79 Å². The Hall–Kier alpha value is -0.570. The summed E-state index contributed by atoms with van der Waals surface area (Å²) >= 11 is 0. The Morgan fingerprint density at radius 1 is 1.47 bits per heavy atom. The van der Waals surface area contributed by atoms with Crippen molar-refractivity contribution in [3.63, 3.8) is 0 Å². The number of amides is 1. The molecule has 0 spiro atoms. The van der Waals surface area contributed by atoms with Crippen molar-refractivity contribution in [1.82, 2.24) is 10.2 Å². The van der Waals surface area contributed by atoms with Gasteiger partial charge < -0.3 is 10.2 Å². The molecular weight excluding hydrogens is 188 g/mol. The summed E-state index contributed by atoms with van der Waals surface area (Å²) in [4.78, 5) is 14.1. The Morgan fingerprint density at radius 2 is 2.13 bits per heavy atom. The molecule has 1 amide bonds. The molecule has 0 aromatic rings. The Labute approximate surface area is 92.2 Å². The van der Waals surface area contributed by atoms with Crippen LogP contribution in [-0.2, 0) is 4.79 Å². The molecule has 2 rings (SSSR count). The largest absolute Gasteiger partial charge is 0.342 e. The maximum Gasteiger partial charge on any atom is 0.228 e. The average Bonchev–Trinajstić information content (AvgIpc) is 2.46. The fourth-order valence-corrected chi connectivity index (χ4v) is 2.37. The van der Waals surface area contributed by atoms with Gasteiger partial charge >= 0.3 is 0 Å². The van der Waals surface area contributed by atoms with Crippen molar-refractivity contribution in [2.24, 2.45) is 17.3 Å².